The molecule has 1 aromatic carbocycles. The van der Waals surface area contributed by atoms with Gasteiger partial charge < -0.3 is 20.9 Å². The fraction of sp³-hybridized carbons (Fsp3) is 0.625. The minimum Gasteiger partial charge on any atom is -0.369 e. The molecule has 1 saturated heterocycles. The molecule has 0 aliphatic carbocycles. The van der Waals surface area contributed by atoms with Gasteiger partial charge in [0.15, 0.2) is 0 Å². The van der Waals surface area contributed by atoms with Gasteiger partial charge >= 0.3 is 0 Å². The van der Waals surface area contributed by atoms with Gasteiger partial charge in [0.05, 0.1) is 0 Å². The second-order valence-corrected chi connectivity index (χ2v) is 5.76. The molecule has 0 spiro atoms. The van der Waals surface area contributed by atoms with E-state index in [0.717, 1.165) is 45.7 Å². The molecule has 1 aliphatic heterocycles. The lowest BCUT2D eigenvalue weighted by molar-refractivity contribution is 0.313. The summed E-state index contributed by atoms with van der Waals surface area (Å²) in [7, 11) is 2.19. The van der Waals surface area contributed by atoms with Crippen LogP contribution in [0.4, 0.5) is 5.69 Å². The Morgan fingerprint density at radius 2 is 1.80 bits per heavy atom. The van der Waals surface area contributed by atoms with Crippen LogP contribution in [0, 0.1) is 0 Å². The number of hydrogen-bond acceptors (Lipinski definition) is 4. The molecule has 1 fully saturated rings. The van der Waals surface area contributed by atoms with E-state index in [2.05, 4.69) is 53.4 Å². The molecule has 1 aromatic rings. The van der Waals surface area contributed by atoms with Gasteiger partial charge in [-0.25, -0.2) is 0 Å². The molecule has 112 valence electrons. The third-order valence-corrected chi connectivity index (χ3v) is 4.06. The number of nitrogens with two attached hydrogens (primary N) is 1. The van der Waals surface area contributed by atoms with Crippen LogP contribution >= 0.6 is 0 Å². The molecule has 1 atom stereocenters. The number of piperazine rings is 1. The molecule has 0 bridgehead atoms. The summed E-state index contributed by atoms with van der Waals surface area (Å²) in [4.78, 5) is 4.84. The van der Waals surface area contributed by atoms with Crippen LogP contribution in [0.1, 0.15) is 18.9 Å². The number of rotatable bonds is 6. The Hall–Kier alpha value is -1.10. The summed E-state index contributed by atoms with van der Waals surface area (Å²) in [6, 6.07) is 9.18. The molecular weight excluding hydrogens is 248 g/mol. The van der Waals surface area contributed by atoms with Crippen molar-refractivity contribution in [2.45, 2.75) is 25.9 Å². The molecule has 1 aliphatic rings. The van der Waals surface area contributed by atoms with E-state index in [1.807, 2.05) is 0 Å². The van der Waals surface area contributed by atoms with Gasteiger partial charge in [0.1, 0.15) is 0 Å². The lowest BCUT2D eigenvalue weighted by Gasteiger charge is -2.34. The van der Waals surface area contributed by atoms with Crippen LogP contribution in [0.5, 0.6) is 0 Å². The highest BCUT2D eigenvalue weighted by atomic mass is 15.2. The van der Waals surface area contributed by atoms with Gasteiger partial charge in [0, 0.05) is 51.0 Å². The highest BCUT2D eigenvalue weighted by molar-refractivity contribution is 5.48. The standard InChI is InChI=1S/C16H28N4/c1-3-15(17)13-18-12-14-4-6-16(7-5-14)20-10-8-19(2)9-11-20/h4-7,15,18H,3,8-13,17H2,1-2H3. The van der Waals surface area contributed by atoms with Crippen molar-refractivity contribution in [3.05, 3.63) is 29.8 Å². The van der Waals surface area contributed by atoms with E-state index in [-0.39, 0.29) is 6.04 Å². The molecule has 1 unspecified atom stereocenters. The first-order valence-electron chi connectivity index (χ1n) is 7.67. The van der Waals surface area contributed by atoms with Gasteiger partial charge in [-0.2, -0.15) is 0 Å². The van der Waals surface area contributed by atoms with Crippen molar-refractivity contribution in [3.63, 3.8) is 0 Å². The van der Waals surface area contributed by atoms with Crippen LogP contribution < -0.4 is 16.0 Å². The zero-order valence-electron chi connectivity index (χ0n) is 12.8. The van der Waals surface area contributed by atoms with Gasteiger partial charge in [0.25, 0.3) is 0 Å². The van der Waals surface area contributed by atoms with E-state index >= 15 is 0 Å². The van der Waals surface area contributed by atoms with E-state index in [0.29, 0.717) is 0 Å². The lowest BCUT2D eigenvalue weighted by Crippen LogP contribution is -2.44. The maximum atomic E-state index is 5.90. The Morgan fingerprint density at radius 1 is 1.15 bits per heavy atom. The quantitative estimate of drug-likeness (QED) is 0.821. The summed E-state index contributed by atoms with van der Waals surface area (Å²) in [5.41, 5.74) is 8.56. The minimum absolute atomic E-state index is 0.264. The predicted molar refractivity (Wildman–Crippen MR) is 86.1 cm³/mol. The number of hydrogen-bond donors (Lipinski definition) is 2. The normalized spacial score (nSPS) is 18.2. The number of benzene rings is 1. The van der Waals surface area contributed by atoms with Gasteiger partial charge in [-0.15, -0.1) is 0 Å². The van der Waals surface area contributed by atoms with Crippen molar-refractivity contribution < 1.29 is 0 Å². The first-order valence-corrected chi connectivity index (χ1v) is 7.67. The number of nitrogens with zero attached hydrogens (tertiary/aromatic N) is 2. The van der Waals surface area contributed by atoms with Crippen molar-refractivity contribution in [1.82, 2.24) is 10.2 Å². The van der Waals surface area contributed by atoms with Crippen molar-refractivity contribution in [2.75, 3.05) is 44.7 Å². The largest absolute Gasteiger partial charge is 0.369 e. The molecule has 0 radical (unpaired) electrons. The third kappa shape index (κ3) is 4.47. The predicted octanol–water partition coefficient (Wildman–Crippen LogP) is 1.27. The van der Waals surface area contributed by atoms with Crippen LogP contribution in [0.15, 0.2) is 24.3 Å². The van der Waals surface area contributed by atoms with Gasteiger partial charge in [0.2, 0.25) is 0 Å². The van der Waals surface area contributed by atoms with Crippen LogP contribution in [-0.4, -0.2) is 50.7 Å². The van der Waals surface area contributed by atoms with Gasteiger partial charge in [-0.1, -0.05) is 19.1 Å². The second-order valence-electron chi connectivity index (χ2n) is 5.76. The molecule has 4 nitrogen and oxygen atoms in total. The molecule has 3 N–H and O–H groups in total. The van der Waals surface area contributed by atoms with E-state index in [1.165, 1.54) is 11.3 Å². The van der Waals surface area contributed by atoms with E-state index in [1.54, 1.807) is 0 Å². The maximum Gasteiger partial charge on any atom is 0.0367 e. The first kappa shape index (κ1) is 15.3. The Bertz CT molecular complexity index is 382. The number of anilines is 1. The Labute approximate surface area is 122 Å². The molecule has 0 saturated carbocycles. The highest BCUT2D eigenvalue weighted by Crippen LogP contribution is 2.16. The smallest absolute Gasteiger partial charge is 0.0367 e. The second kappa shape index (κ2) is 7.62. The first-order chi connectivity index (χ1) is 9.69. The fourth-order valence-corrected chi connectivity index (χ4v) is 2.44. The van der Waals surface area contributed by atoms with Crippen LogP contribution in [0.3, 0.4) is 0 Å². The lowest BCUT2D eigenvalue weighted by atomic mass is 10.1. The van der Waals surface area contributed by atoms with E-state index in [4.69, 9.17) is 5.73 Å². The minimum atomic E-state index is 0.264. The van der Waals surface area contributed by atoms with Crippen molar-refractivity contribution >= 4 is 5.69 Å². The Kier molecular flexibility index (Phi) is 5.83. The number of nitrogens with one attached hydrogen (secondary N) is 1. The molecule has 1 heterocycles. The van der Waals surface area contributed by atoms with Crippen LogP contribution in [0.2, 0.25) is 0 Å². The molecule has 4 heteroatoms. The van der Waals surface area contributed by atoms with Crippen molar-refractivity contribution in [2.24, 2.45) is 5.73 Å². The summed E-state index contributed by atoms with van der Waals surface area (Å²) in [5.74, 6) is 0. The third-order valence-electron chi connectivity index (χ3n) is 4.06. The summed E-state index contributed by atoms with van der Waals surface area (Å²) in [6.45, 7) is 8.46. The molecule has 0 amide bonds. The van der Waals surface area contributed by atoms with E-state index in [9.17, 15) is 0 Å². The zero-order valence-corrected chi connectivity index (χ0v) is 12.8. The fourth-order valence-electron chi connectivity index (χ4n) is 2.44. The van der Waals surface area contributed by atoms with Gasteiger partial charge in [-0.3, -0.25) is 0 Å². The Morgan fingerprint density at radius 3 is 2.40 bits per heavy atom. The SMILES string of the molecule is CCC(N)CNCc1ccc(N2CCN(C)CC2)cc1. The zero-order chi connectivity index (χ0) is 14.4. The van der Waals surface area contributed by atoms with Gasteiger partial charge in [-0.05, 0) is 31.2 Å². The summed E-state index contributed by atoms with van der Waals surface area (Å²) in [6.07, 6.45) is 1.02. The monoisotopic (exact) mass is 276 g/mol. The highest BCUT2D eigenvalue weighted by Gasteiger charge is 2.13. The topological polar surface area (TPSA) is 44.5 Å². The molecule has 20 heavy (non-hydrogen) atoms. The van der Waals surface area contributed by atoms with Crippen molar-refractivity contribution in [3.8, 4) is 0 Å². The van der Waals surface area contributed by atoms with Crippen LogP contribution in [-0.2, 0) is 6.54 Å². The maximum absolute atomic E-state index is 5.90. The number of likely N-dealkylation sites (N-methyl/N-ethyl adjacent to an activating group) is 1. The Balaban J connectivity index is 1.80. The van der Waals surface area contributed by atoms with E-state index < -0.39 is 0 Å². The average molecular weight is 276 g/mol. The molecule has 2 rings (SSSR count). The van der Waals surface area contributed by atoms with Crippen LogP contribution in [0.25, 0.3) is 0 Å². The molecular formula is C16H28N4. The summed E-state index contributed by atoms with van der Waals surface area (Å²) >= 11 is 0. The van der Waals surface area contributed by atoms with Crippen molar-refractivity contribution in [1.29, 1.82) is 0 Å². The summed E-state index contributed by atoms with van der Waals surface area (Å²) < 4.78 is 0. The average Bonchev–Trinajstić information content (AvgIpc) is 2.48. The summed E-state index contributed by atoms with van der Waals surface area (Å²) in [5, 5.41) is 3.41. The molecule has 0 aromatic heterocycles.